The average Bonchev–Trinajstić information content (AvgIpc) is 2.81. The molecule has 2 rings (SSSR count). The molecule has 0 fully saturated rings. The normalized spacial score (nSPS) is 10.2. The summed E-state index contributed by atoms with van der Waals surface area (Å²) in [6.07, 6.45) is 3.65. The second kappa shape index (κ2) is 5.27. The van der Waals surface area contributed by atoms with Gasteiger partial charge in [0.2, 0.25) is 11.9 Å². The number of hydrogen-bond donors (Lipinski definition) is 3. The molecule has 0 radical (unpaired) electrons. The Morgan fingerprint density at radius 2 is 2.11 bits per heavy atom. The molecule has 96 valence electrons. The van der Waals surface area contributed by atoms with Crippen LogP contribution >= 0.6 is 0 Å². The van der Waals surface area contributed by atoms with Crippen LogP contribution in [0.2, 0.25) is 0 Å². The van der Waals surface area contributed by atoms with E-state index in [-0.39, 0.29) is 12.0 Å². The third kappa shape index (κ3) is 2.83. The number of ether oxygens (including phenoxy) is 1. The SMILES string of the molecule is COc1nc(NN)nc(NCc2cnn(C)c2)n1. The van der Waals surface area contributed by atoms with Crippen LogP contribution in [0.25, 0.3) is 0 Å². The molecule has 2 heterocycles. The summed E-state index contributed by atoms with van der Waals surface area (Å²) in [6.45, 7) is 0.547. The standard InChI is InChI=1S/C9H14N8O/c1-17-5-6(4-12-17)3-11-7-13-8(16-10)15-9(14-7)18-2/h4-5H,3,10H2,1-2H3,(H2,11,13,14,15,16). The zero-order valence-electron chi connectivity index (χ0n) is 10.1. The first-order chi connectivity index (χ1) is 8.71. The Bertz CT molecular complexity index is 503. The summed E-state index contributed by atoms with van der Waals surface area (Å²) < 4.78 is 6.66. The van der Waals surface area contributed by atoms with E-state index in [2.05, 4.69) is 30.8 Å². The molecule has 0 aliphatic heterocycles. The molecule has 18 heavy (non-hydrogen) atoms. The van der Waals surface area contributed by atoms with Crippen LogP contribution in [-0.2, 0) is 13.6 Å². The number of aromatic nitrogens is 5. The minimum atomic E-state index is 0.187. The summed E-state index contributed by atoms with van der Waals surface area (Å²) in [4.78, 5) is 12.0. The molecule has 0 atom stereocenters. The predicted octanol–water partition coefficient (Wildman–Crippen LogP) is -0.489. The molecule has 9 heteroatoms. The van der Waals surface area contributed by atoms with Gasteiger partial charge in [0, 0.05) is 25.4 Å². The minimum absolute atomic E-state index is 0.187. The van der Waals surface area contributed by atoms with Gasteiger partial charge in [0.1, 0.15) is 0 Å². The molecule has 0 aliphatic rings. The predicted molar refractivity (Wildman–Crippen MR) is 64.7 cm³/mol. The number of nitrogen functional groups attached to an aromatic ring is 1. The first-order valence-electron chi connectivity index (χ1n) is 5.19. The molecular weight excluding hydrogens is 236 g/mol. The summed E-state index contributed by atoms with van der Waals surface area (Å²) in [5, 5.41) is 7.10. The average molecular weight is 250 g/mol. The van der Waals surface area contributed by atoms with Crippen molar-refractivity contribution in [2.24, 2.45) is 12.9 Å². The maximum Gasteiger partial charge on any atom is 0.322 e. The first kappa shape index (κ1) is 12.0. The lowest BCUT2D eigenvalue weighted by molar-refractivity contribution is 0.379. The maximum absolute atomic E-state index is 5.25. The number of nitrogens with zero attached hydrogens (tertiary/aromatic N) is 5. The Kier molecular flexibility index (Phi) is 3.53. The highest BCUT2D eigenvalue weighted by molar-refractivity contribution is 5.35. The van der Waals surface area contributed by atoms with Crippen molar-refractivity contribution in [2.45, 2.75) is 6.54 Å². The van der Waals surface area contributed by atoms with Crippen LogP contribution in [0.1, 0.15) is 5.56 Å². The fraction of sp³-hybridized carbons (Fsp3) is 0.333. The van der Waals surface area contributed by atoms with E-state index in [0.717, 1.165) is 5.56 Å². The molecule has 0 saturated carbocycles. The number of methoxy groups -OCH3 is 1. The van der Waals surface area contributed by atoms with Crippen molar-refractivity contribution in [3.63, 3.8) is 0 Å². The van der Waals surface area contributed by atoms with Crippen molar-refractivity contribution in [1.29, 1.82) is 0 Å². The van der Waals surface area contributed by atoms with Gasteiger partial charge in [-0.1, -0.05) is 0 Å². The van der Waals surface area contributed by atoms with E-state index in [1.165, 1.54) is 7.11 Å². The molecule has 0 aliphatic carbocycles. The molecule has 0 aromatic carbocycles. The van der Waals surface area contributed by atoms with Gasteiger partial charge < -0.3 is 10.1 Å². The lowest BCUT2D eigenvalue weighted by atomic mass is 10.4. The summed E-state index contributed by atoms with van der Waals surface area (Å²) in [5.74, 6) is 5.86. The molecule has 0 bridgehead atoms. The van der Waals surface area contributed by atoms with Crippen LogP contribution in [0.5, 0.6) is 6.01 Å². The zero-order chi connectivity index (χ0) is 13.0. The molecule has 0 saturated heterocycles. The van der Waals surface area contributed by atoms with E-state index < -0.39 is 0 Å². The van der Waals surface area contributed by atoms with Gasteiger partial charge in [-0.2, -0.15) is 20.1 Å². The number of aryl methyl sites for hydroxylation is 1. The summed E-state index contributed by atoms with van der Waals surface area (Å²) >= 11 is 0. The van der Waals surface area contributed by atoms with Gasteiger partial charge in [-0.25, -0.2) is 5.84 Å². The summed E-state index contributed by atoms with van der Waals surface area (Å²) in [6, 6.07) is 0.187. The van der Waals surface area contributed by atoms with Gasteiger partial charge >= 0.3 is 6.01 Å². The highest BCUT2D eigenvalue weighted by Gasteiger charge is 2.05. The van der Waals surface area contributed by atoms with Gasteiger partial charge in [-0.15, -0.1) is 0 Å². The number of nitrogens with one attached hydrogen (secondary N) is 2. The summed E-state index contributed by atoms with van der Waals surface area (Å²) in [5.41, 5.74) is 3.36. The van der Waals surface area contributed by atoms with Gasteiger partial charge in [0.25, 0.3) is 0 Å². The van der Waals surface area contributed by atoms with Crippen LogP contribution in [0.15, 0.2) is 12.4 Å². The van der Waals surface area contributed by atoms with E-state index in [0.29, 0.717) is 12.5 Å². The highest BCUT2D eigenvalue weighted by Crippen LogP contribution is 2.10. The van der Waals surface area contributed by atoms with Crippen LogP contribution in [-0.4, -0.2) is 31.8 Å². The zero-order valence-corrected chi connectivity index (χ0v) is 10.1. The molecule has 0 unspecified atom stereocenters. The van der Waals surface area contributed by atoms with Crippen molar-refractivity contribution < 1.29 is 4.74 Å². The second-order valence-corrected chi connectivity index (χ2v) is 3.49. The van der Waals surface area contributed by atoms with E-state index in [9.17, 15) is 0 Å². The fourth-order valence-corrected chi connectivity index (χ4v) is 1.34. The summed E-state index contributed by atoms with van der Waals surface area (Å²) in [7, 11) is 3.33. The van der Waals surface area contributed by atoms with Crippen LogP contribution in [0.4, 0.5) is 11.9 Å². The van der Waals surface area contributed by atoms with Gasteiger partial charge in [-0.3, -0.25) is 10.1 Å². The Morgan fingerprint density at radius 3 is 2.72 bits per heavy atom. The highest BCUT2D eigenvalue weighted by atomic mass is 16.5. The van der Waals surface area contributed by atoms with E-state index in [1.54, 1.807) is 10.9 Å². The number of rotatable bonds is 5. The molecule has 9 nitrogen and oxygen atoms in total. The van der Waals surface area contributed by atoms with Crippen LogP contribution < -0.4 is 21.3 Å². The fourth-order valence-electron chi connectivity index (χ4n) is 1.34. The second-order valence-electron chi connectivity index (χ2n) is 3.49. The molecule has 4 N–H and O–H groups in total. The van der Waals surface area contributed by atoms with Crippen molar-refractivity contribution in [2.75, 3.05) is 17.9 Å². The molecule has 0 spiro atoms. The van der Waals surface area contributed by atoms with E-state index in [1.807, 2.05) is 13.2 Å². The van der Waals surface area contributed by atoms with Crippen molar-refractivity contribution in [3.05, 3.63) is 18.0 Å². The molecular formula is C9H14N8O. The lowest BCUT2D eigenvalue weighted by Gasteiger charge is -2.06. The molecule has 2 aromatic rings. The Balaban J connectivity index is 2.08. The van der Waals surface area contributed by atoms with Gasteiger partial charge in [-0.05, 0) is 0 Å². The van der Waals surface area contributed by atoms with E-state index >= 15 is 0 Å². The number of hydrazine groups is 1. The smallest absolute Gasteiger partial charge is 0.322 e. The number of hydrogen-bond acceptors (Lipinski definition) is 8. The third-order valence-corrected chi connectivity index (χ3v) is 2.14. The van der Waals surface area contributed by atoms with Gasteiger partial charge in [0.15, 0.2) is 0 Å². The van der Waals surface area contributed by atoms with Crippen LogP contribution in [0, 0.1) is 0 Å². The number of nitrogens with two attached hydrogens (primary N) is 1. The van der Waals surface area contributed by atoms with E-state index in [4.69, 9.17) is 10.6 Å². The Labute approximate surface area is 103 Å². The lowest BCUT2D eigenvalue weighted by Crippen LogP contribution is -2.14. The Morgan fingerprint density at radius 1 is 1.33 bits per heavy atom. The third-order valence-electron chi connectivity index (χ3n) is 2.14. The van der Waals surface area contributed by atoms with Gasteiger partial charge in [0.05, 0.1) is 13.3 Å². The topological polar surface area (TPSA) is 116 Å². The van der Waals surface area contributed by atoms with Crippen molar-refractivity contribution >= 4 is 11.9 Å². The monoisotopic (exact) mass is 250 g/mol. The largest absolute Gasteiger partial charge is 0.467 e. The molecule has 2 aromatic heterocycles. The Hall–Kier alpha value is -2.42. The quantitative estimate of drug-likeness (QED) is 0.481. The maximum atomic E-state index is 5.25. The van der Waals surface area contributed by atoms with Crippen LogP contribution in [0.3, 0.4) is 0 Å². The van der Waals surface area contributed by atoms with Crippen molar-refractivity contribution in [3.8, 4) is 6.01 Å². The first-order valence-corrected chi connectivity index (χ1v) is 5.19. The minimum Gasteiger partial charge on any atom is -0.467 e. The molecule has 0 amide bonds. The number of anilines is 2. The van der Waals surface area contributed by atoms with Crippen molar-refractivity contribution in [1.82, 2.24) is 24.7 Å².